The predicted octanol–water partition coefficient (Wildman–Crippen LogP) is 2.86. The minimum Gasteiger partial charge on any atom is -0.368 e. The van der Waals surface area contributed by atoms with Crippen molar-refractivity contribution in [1.29, 1.82) is 0 Å². The highest BCUT2D eigenvalue weighted by atomic mass is 16.2. The molecule has 1 aromatic carbocycles. The Kier molecular flexibility index (Phi) is 20.9. The molecule has 0 aliphatic carbocycles. The summed E-state index contributed by atoms with van der Waals surface area (Å²) in [6.45, 7) is 21.9. The summed E-state index contributed by atoms with van der Waals surface area (Å²) in [5.41, 5.74) is 6.52. The minimum absolute atomic E-state index is 0.0328. The van der Waals surface area contributed by atoms with Gasteiger partial charge in [0, 0.05) is 41.7 Å². The van der Waals surface area contributed by atoms with Gasteiger partial charge in [-0.3, -0.25) is 33.6 Å². The molecule has 340 valence electrons. The zero-order valence-corrected chi connectivity index (χ0v) is 39.8. The summed E-state index contributed by atoms with van der Waals surface area (Å²) >= 11 is 0. The number of primary amides is 1. The van der Waals surface area contributed by atoms with Gasteiger partial charge in [0.15, 0.2) is 0 Å². The minimum atomic E-state index is -1.05. The highest BCUT2D eigenvalue weighted by Gasteiger charge is 2.44. The number of nitrogens with one attached hydrogen (secondary N) is 2. The van der Waals surface area contributed by atoms with Crippen LogP contribution >= 0.6 is 0 Å². The molecule has 7 unspecified atom stereocenters. The summed E-state index contributed by atoms with van der Waals surface area (Å²) < 4.78 is 0. The van der Waals surface area contributed by atoms with Crippen LogP contribution in [-0.2, 0) is 40.0 Å². The van der Waals surface area contributed by atoms with Gasteiger partial charge in [-0.15, -0.1) is 0 Å². The van der Waals surface area contributed by atoms with Gasteiger partial charge in [-0.1, -0.05) is 113 Å². The maximum atomic E-state index is 14.7. The maximum absolute atomic E-state index is 14.7. The fourth-order valence-corrected chi connectivity index (χ4v) is 8.19. The molecule has 0 aliphatic heterocycles. The number of nitrogens with two attached hydrogens (primary N) is 1. The van der Waals surface area contributed by atoms with E-state index in [2.05, 4.69) is 10.6 Å². The van der Waals surface area contributed by atoms with Gasteiger partial charge in [0.2, 0.25) is 41.4 Å². The van der Waals surface area contributed by atoms with Gasteiger partial charge < -0.3 is 40.9 Å². The Morgan fingerprint density at radius 3 is 1.17 bits per heavy atom. The number of nitrogens with zero attached hydrogens (tertiary/aromatic N) is 5. The van der Waals surface area contributed by atoms with Crippen LogP contribution in [0.25, 0.3) is 0 Å². The van der Waals surface area contributed by atoms with E-state index < -0.39 is 89.6 Å². The lowest BCUT2D eigenvalue weighted by Crippen LogP contribution is -2.63. The lowest BCUT2D eigenvalue weighted by atomic mass is 9.93. The van der Waals surface area contributed by atoms with E-state index in [-0.39, 0.29) is 36.0 Å². The largest absolute Gasteiger partial charge is 0.368 e. The molecule has 0 spiro atoms. The number of amides is 7. The van der Waals surface area contributed by atoms with Gasteiger partial charge in [-0.25, -0.2) is 0 Å². The summed E-state index contributed by atoms with van der Waals surface area (Å²) in [4.78, 5) is 105. The number of rotatable bonds is 22. The highest BCUT2D eigenvalue weighted by Crippen LogP contribution is 2.24. The van der Waals surface area contributed by atoms with Crippen LogP contribution in [0.3, 0.4) is 0 Å². The lowest BCUT2D eigenvalue weighted by molar-refractivity contribution is -0.158. The summed E-state index contributed by atoms with van der Waals surface area (Å²) in [7, 11) is 9.30. The molecule has 0 aromatic heterocycles. The van der Waals surface area contributed by atoms with Crippen LogP contribution in [0.4, 0.5) is 0 Å². The lowest BCUT2D eigenvalue weighted by Gasteiger charge is -2.42. The fraction of sp³-hybridized carbons (Fsp3) is 0.711. The van der Waals surface area contributed by atoms with Crippen molar-refractivity contribution in [2.24, 2.45) is 41.2 Å². The molecule has 60 heavy (non-hydrogen) atoms. The van der Waals surface area contributed by atoms with Crippen LogP contribution in [-0.4, -0.2) is 150 Å². The van der Waals surface area contributed by atoms with E-state index in [1.807, 2.05) is 85.7 Å². The van der Waals surface area contributed by atoms with E-state index in [4.69, 9.17) is 5.73 Å². The van der Waals surface area contributed by atoms with Gasteiger partial charge in [0.25, 0.3) is 0 Å². The molecule has 0 radical (unpaired) electrons. The molecule has 1 rings (SSSR count). The van der Waals surface area contributed by atoms with Crippen LogP contribution < -0.4 is 16.4 Å². The summed E-state index contributed by atoms with van der Waals surface area (Å²) in [5, 5.41) is 5.90. The zero-order valence-electron chi connectivity index (χ0n) is 39.8. The normalized spacial score (nSPS) is 15.3. The van der Waals surface area contributed by atoms with Crippen molar-refractivity contribution in [3.05, 3.63) is 35.9 Å². The number of carbonyl (C=O) groups is 7. The standard InChI is InChI=1S/C45H78N8O7/c1-25(2)33(47-13)40(55)48-34(26(3)4)42(57)51(16)37(29(9)10)44(59)53(18)38(30(11)12)45(60)52(17)36(28(7)8)43(58)49(14)32(24-31-22-20-19-21-23-31)41(56)50(15)35(27(5)6)39(46)54/h19-23,25-30,32-38,47H,24H2,1-18H3,(H2,46,54)(H,48,55). The van der Waals surface area contributed by atoms with Gasteiger partial charge in [-0.05, 0) is 48.1 Å². The molecule has 0 bridgehead atoms. The van der Waals surface area contributed by atoms with Crippen LogP contribution in [0.1, 0.15) is 88.6 Å². The average Bonchev–Trinajstić information content (AvgIpc) is 3.14. The summed E-state index contributed by atoms with van der Waals surface area (Å²) in [6, 6.07) is 2.74. The first-order chi connectivity index (χ1) is 27.7. The van der Waals surface area contributed by atoms with E-state index in [9.17, 15) is 33.6 Å². The molecule has 0 fully saturated rings. The monoisotopic (exact) mass is 843 g/mol. The van der Waals surface area contributed by atoms with Crippen molar-refractivity contribution >= 4 is 41.4 Å². The molecule has 0 aliphatic rings. The van der Waals surface area contributed by atoms with Crippen LogP contribution in [0.2, 0.25) is 0 Å². The second kappa shape index (κ2) is 23.5. The fourth-order valence-electron chi connectivity index (χ4n) is 8.19. The Morgan fingerprint density at radius 1 is 0.483 bits per heavy atom. The third-order valence-electron chi connectivity index (χ3n) is 11.5. The third-order valence-corrected chi connectivity index (χ3v) is 11.5. The number of hydrogen-bond acceptors (Lipinski definition) is 8. The molecule has 7 atom stereocenters. The molecule has 4 N–H and O–H groups in total. The van der Waals surface area contributed by atoms with Gasteiger partial charge in [0.1, 0.15) is 36.3 Å². The molecule has 15 heteroatoms. The molecule has 0 heterocycles. The van der Waals surface area contributed by atoms with Crippen molar-refractivity contribution in [2.75, 3.05) is 42.3 Å². The highest BCUT2D eigenvalue weighted by molar-refractivity contribution is 5.97. The summed E-state index contributed by atoms with van der Waals surface area (Å²) in [6.07, 6.45) is 0.141. The molecule has 15 nitrogen and oxygen atoms in total. The first-order valence-corrected chi connectivity index (χ1v) is 21.3. The van der Waals surface area contributed by atoms with Crippen molar-refractivity contribution in [3.63, 3.8) is 0 Å². The SMILES string of the molecule is CNC(C(=O)NC(C(=O)N(C)C(C(=O)N(C)C(C(=O)N(C)C(C(=O)N(C)C(Cc1ccccc1)C(=O)N(C)C(C(N)=O)C(C)C)C(C)C)C(C)C)C(C)C)C(C)C)C(C)C. The Balaban J connectivity index is 3.63. The van der Waals surface area contributed by atoms with Gasteiger partial charge >= 0.3 is 0 Å². The second-order valence-electron chi connectivity index (χ2n) is 18.3. The topological polar surface area (TPSA) is 186 Å². The van der Waals surface area contributed by atoms with Gasteiger partial charge in [-0.2, -0.15) is 0 Å². The summed E-state index contributed by atoms with van der Waals surface area (Å²) in [5.74, 6) is -5.18. The second-order valence-corrected chi connectivity index (χ2v) is 18.3. The molecule has 7 amide bonds. The van der Waals surface area contributed by atoms with E-state index in [0.717, 1.165) is 5.56 Å². The van der Waals surface area contributed by atoms with Crippen LogP contribution in [0.5, 0.6) is 0 Å². The van der Waals surface area contributed by atoms with Crippen molar-refractivity contribution in [2.45, 2.75) is 132 Å². The zero-order chi connectivity index (χ0) is 46.7. The Labute approximate surface area is 360 Å². The number of carbonyl (C=O) groups excluding carboxylic acids is 7. The van der Waals surface area contributed by atoms with Crippen LogP contribution in [0.15, 0.2) is 30.3 Å². The van der Waals surface area contributed by atoms with Crippen molar-refractivity contribution < 1.29 is 33.6 Å². The Hall–Kier alpha value is -4.53. The molecule has 0 saturated heterocycles. The van der Waals surface area contributed by atoms with E-state index in [1.165, 1.54) is 59.7 Å². The molecular formula is C45H78N8O7. The van der Waals surface area contributed by atoms with E-state index in [0.29, 0.717) is 0 Å². The molecule has 0 saturated carbocycles. The van der Waals surface area contributed by atoms with E-state index in [1.54, 1.807) is 34.7 Å². The van der Waals surface area contributed by atoms with Gasteiger partial charge in [0.05, 0.1) is 6.04 Å². The number of hydrogen-bond donors (Lipinski definition) is 3. The number of likely N-dealkylation sites (N-methyl/N-ethyl adjacent to an activating group) is 6. The third kappa shape index (κ3) is 13.2. The average molecular weight is 843 g/mol. The van der Waals surface area contributed by atoms with Crippen molar-refractivity contribution in [3.8, 4) is 0 Å². The number of benzene rings is 1. The molecular weight excluding hydrogens is 765 g/mol. The molecule has 1 aromatic rings. The first kappa shape index (κ1) is 53.5. The predicted molar refractivity (Wildman–Crippen MR) is 236 cm³/mol. The van der Waals surface area contributed by atoms with Crippen LogP contribution in [0, 0.1) is 35.5 Å². The van der Waals surface area contributed by atoms with Crippen molar-refractivity contribution in [1.82, 2.24) is 35.1 Å². The maximum Gasteiger partial charge on any atom is 0.246 e. The Bertz CT molecular complexity index is 1620. The van der Waals surface area contributed by atoms with E-state index >= 15 is 0 Å². The quantitative estimate of drug-likeness (QED) is 0.159. The first-order valence-electron chi connectivity index (χ1n) is 21.3. The Morgan fingerprint density at radius 2 is 0.833 bits per heavy atom. The smallest absolute Gasteiger partial charge is 0.246 e.